The lowest BCUT2D eigenvalue weighted by atomic mass is 10.0. The summed E-state index contributed by atoms with van der Waals surface area (Å²) in [5.41, 5.74) is 7.14. The number of primary amides is 1. The molecular formula is C19H18FN5O. The molecule has 0 saturated carbocycles. The van der Waals surface area contributed by atoms with E-state index in [1.165, 1.54) is 12.4 Å². The molecule has 26 heavy (non-hydrogen) atoms. The van der Waals surface area contributed by atoms with E-state index in [0.717, 1.165) is 5.56 Å². The van der Waals surface area contributed by atoms with Crippen molar-refractivity contribution in [3.8, 4) is 22.4 Å². The fourth-order valence-electron chi connectivity index (χ4n) is 2.51. The molecule has 0 aliphatic heterocycles. The van der Waals surface area contributed by atoms with Gasteiger partial charge in [0, 0.05) is 24.2 Å². The van der Waals surface area contributed by atoms with E-state index in [4.69, 9.17) is 5.73 Å². The van der Waals surface area contributed by atoms with Crippen LogP contribution in [0.5, 0.6) is 0 Å². The standard InChI is InChI=1S/C19H18FN5O/c20-18-14(13-5-2-1-3-6-13)7-4-8-15(18)16-11-25-17(12-24-16)22-9-10-23-19(21)26/h1-8,11-12H,9-10H2,(H,22,25)(H3,21,23,26). The molecule has 2 amide bonds. The number of carbonyl (C=O) groups excluding carboxylic acids is 1. The number of urea groups is 1. The summed E-state index contributed by atoms with van der Waals surface area (Å²) >= 11 is 0. The topological polar surface area (TPSA) is 92.9 Å². The molecule has 0 radical (unpaired) electrons. The maximum atomic E-state index is 14.9. The molecule has 3 rings (SSSR count). The van der Waals surface area contributed by atoms with Crippen molar-refractivity contribution >= 4 is 11.8 Å². The maximum absolute atomic E-state index is 14.9. The molecule has 4 N–H and O–H groups in total. The number of nitrogens with one attached hydrogen (secondary N) is 2. The van der Waals surface area contributed by atoms with Gasteiger partial charge in [0.1, 0.15) is 11.6 Å². The fourth-order valence-corrected chi connectivity index (χ4v) is 2.51. The number of hydrogen-bond acceptors (Lipinski definition) is 4. The van der Waals surface area contributed by atoms with Crippen LogP contribution >= 0.6 is 0 Å². The van der Waals surface area contributed by atoms with Gasteiger partial charge in [0.05, 0.1) is 18.1 Å². The van der Waals surface area contributed by atoms with Crippen molar-refractivity contribution in [1.82, 2.24) is 15.3 Å². The van der Waals surface area contributed by atoms with Gasteiger partial charge in [0.25, 0.3) is 0 Å². The van der Waals surface area contributed by atoms with E-state index in [1.807, 2.05) is 30.3 Å². The third-order valence-corrected chi connectivity index (χ3v) is 3.74. The van der Waals surface area contributed by atoms with Crippen LogP contribution in [0.25, 0.3) is 22.4 Å². The highest BCUT2D eigenvalue weighted by atomic mass is 19.1. The molecule has 0 unspecified atom stereocenters. The molecule has 0 bridgehead atoms. The highest BCUT2D eigenvalue weighted by Gasteiger charge is 2.12. The molecule has 0 aliphatic rings. The van der Waals surface area contributed by atoms with Gasteiger partial charge in [-0.2, -0.15) is 0 Å². The minimum atomic E-state index is -0.581. The number of nitrogens with two attached hydrogens (primary N) is 1. The lowest BCUT2D eigenvalue weighted by Gasteiger charge is -2.09. The molecule has 6 nitrogen and oxygen atoms in total. The Morgan fingerprint density at radius 1 is 0.962 bits per heavy atom. The third kappa shape index (κ3) is 4.13. The van der Waals surface area contributed by atoms with Gasteiger partial charge >= 0.3 is 6.03 Å². The number of halogens is 1. The Labute approximate surface area is 150 Å². The molecule has 0 aliphatic carbocycles. The summed E-state index contributed by atoms with van der Waals surface area (Å²) < 4.78 is 14.9. The largest absolute Gasteiger partial charge is 0.367 e. The molecule has 0 spiro atoms. The van der Waals surface area contributed by atoms with Gasteiger partial charge in [0.2, 0.25) is 0 Å². The van der Waals surface area contributed by atoms with Crippen LogP contribution in [0.4, 0.5) is 15.0 Å². The number of aromatic nitrogens is 2. The number of carbonyl (C=O) groups is 1. The second-order valence-electron chi connectivity index (χ2n) is 5.54. The highest BCUT2D eigenvalue weighted by Crippen LogP contribution is 2.29. The summed E-state index contributed by atoms with van der Waals surface area (Å²) in [5, 5.41) is 5.45. The van der Waals surface area contributed by atoms with Gasteiger partial charge in [0.15, 0.2) is 0 Å². The monoisotopic (exact) mass is 351 g/mol. The van der Waals surface area contributed by atoms with Crippen LogP contribution in [0.15, 0.2) is 60.9 Å². The van der Waals surface area contributed by atoms with E-state index < -0.39 is 6.03 Å². The van der Waals surface area contributed by atoms with Crippen molar-refractivity contribution in [3.05, 3.63) is 66.7 Å². The lowest BCUT2D eigenvalue weighted by molar-refractivity contribution is 0.249. The predicted molar refractivity (Wildman–Crippen MR) is 98.9 cm³/mol. The molecule has 0 atom stereocenters. The first-order chi connectivity index (χ1) is 12.6. The summed E-state index contributed by atoms with van der Waals surface area (Å²) in [7, 11) is 0. The first-order valence-electron chi connectivity index (χ1n) is 8.08. The van der Waals surface area contributed by atoms with E-state index in [-0.39, 0.29) is 5.82 Å². The maximum Gasteiger partial charge on any atom is 0.312 e. The van der Waals surface area contributed by atoms with Crippen LogP contribution in [-0.4, -0.2) is 29.1 Å². The minimum absolute atomic E-state index is 0.334. The molecule has 7 heteroatoms. The molecule has 3 aromatic rings. The van der Waals surface area contributed by atoms with Crippen LogP contribution in [0, 0.1) is 5.82 Å². The predicted octanol–water partition coefficient (Wildman–Crippen LogP) is 3.03. The van der Waals surface area contributed by atoms with Crippen molar-refractivity contribution in [3.63, 3.8) is 0 Å². The number of benzene rings is 2. The summed E-state index contributed by atoms with van der Waals surface area (Å²) in [6, 6.07) is 14.0. The van der Waals surface area contributed by atoms with E-state index in [1.54, 1.807) is 18.2 Å². The van der Waals surface area contributed by atoms with Crippen LogP contribution in [0.2, 0.25) is 0 Å². The number of amides is 2. The van der Waals surface area contributed by atoms with Gasteiger partial charge in [-0.05, 0) is 11.6 Å². The van der Waals surface area contributed by atoms with E-state index in [0.29, 0.717) is 35.7 Å². The Morgan fingerprint density at radius 3 is 2.42 bits per heavy atom. The van der Waals surface area contributed by atoms with Gasteiger partial charge < -0.3 is 16.4 Å². The third-order valence-electron chi connectivity index (χ3n) is 3.74. The van der Waals surface area contributed by atoms with Crippen molar-refractivity contribution in [1.29, 1.82) is 0 Å². The second kappa shape index (κ2) is 8.06. The van der Waals surface area contributed by atoms with Crippen molar-refractivity contribution < 1.29 is 9.18 Å². The zero-order chi connectivity index (χ0) is 18.4. The van der Waals surface area contributed by atoms with E-state index >= 15 is 0 Å². The van der Waals surface area contributed by atoms with Crippen LogP contribution in [0.1, 0.15) is 0 Å². The summed E-state index contributed by atoms with van der Waals surface area (Å²) in [6.45, 7) is 0.821. The Morgan fingerprint density at radius 2 is 1.73 bits per heavy atom. The molecular weight excluding hydrogens is 333 g/mol. The Bertz CT molecular complexity index is 884. The Hall–Kier alpha value is -3.48. The Balaban J connectivity index is 1.76. The number of nitrogens with zero attached hydrogens (tertiary/aromatic N) is 2. The molecule has 0 fully saturated rings. The lowest BCUT2D eigenvalue weighted by Crippen LogP contribution is -2.33. The zero-order valence-corrected chi connectivity index (χ0v) is 13.9. The average molecular weight is 351 g/mol. The van der Waals surface area contributed by atoms with Crippen LogP contribution in [0.3, 0.4) is 0 Å². The molecule has 2 aromatic carbocycles. The molecule has 1 aromatic heterocycles. The van der Waals surface area contributed by atoms with Gasteiger partial charge in [-0.1, -0.05) is 42.5 Å². The van der Waals surface area contributed by atoms with Gasteiger partial charge in [-0.25, -0.2) is 14.2 Å². The summed E-state index contributed by atoms with van der Waals surface area (Å²) in [4.78, 5) is 19.1. The molecule has 1 heterocycles. The molecule has 0 saturated heterocycles. The van der Waals surface area contributed by atoms with Crippen LogP contribution in [-0.2, 0) is 0 Å². The number of hydrogen-bond donors (Lipinski definition) is 3. The van der Waals surface area contributed by atoms with Crippen molar-refractivity contribution in [2.45, 2.75) is 0 Å². The fraction of sp³-hybridized carbons (Fsp3) is 0.105. The van der Waals surface area contributed by atoms with Crippen LogP contribution < -0.4 is 16.4 Å². The normalized spacial score (nSPS) is 10.3. The summed E-state index contributed by atoms with van der Waals surface area (Å²) in [6.07, 6.45) is 3.03. The van der Waals surface area contributed by atoms with Gasteiger partial charge in [-0.3, -0.25) is 4.98 Å². The van der Waals surface area contributed by atoms with E-state index in [2.05, 4.69) is 20.6 Å². The molecule has 132 valence electrons. The smallest absolute Gasteiger partial charge is 0.312 e. The average Bonchev–Trinajstić information content (AvgIpc) is 2.67. The van der Waals surface area contributed by atoms with E-state index in [9.17, 15) is 9.18 Å². The second-order valence-corrected chi connectivity index (χ2v) is 5.54. The number of rotatable bonds is 6. The number of anilines is 1. The van der Waals surface area contributed by atoms with Gasteiger partial charge in [-0.15, -0.1) is 0 Å². The first kappa shape index (κ1) is 17.3. The highest BCUT2D eigenvalue weighted by molar-refractivity contribution is 5.72. The summed E-state index contributed by atoms with van der Waals surface area (Å²) in [5.74, 6) is 0.194. The van der Waals surface area contributed by atoms with Crippen molar-refractivity contribution in [2.24, 2.45) is 5.73 Å². The zero-order valence-electron chi connectivity index (χ0n) is 13.9. The van der Waals surface area contributed by atoms with Crippen molar-refractivity contribution in [2.75, 3.05) is 18.4 Å². The first-order valence-corrected chi connectivity index (χ1v) is 8.08. The minimum Gasteiger partial charge on any atom is -0.367 e. The SMILES string of the molecule is NC(=O)NCCNc1cnc(-c2cccc(-c3ccccc3)c2F)cn1. The quantitative estimate of drug-likeness (QED) is 0.595. The Kier molecular flexibility index (Phi) is 5.38.